The van der Waals surface area contributed by atoms with Crippen molar-refractivity contribution in [2.24, 2.45) is 0 Å². The molecule has 0 spiro atoms. The molecule has 26 heavy (non-hydrogen) atoms. The monoisotopic (exact) mass is 372 g/mol. The molecule has 0 N–H and O–H groups in total. The van der Waals surface area contributed by atoms with E-state index in [-0.39, 0.29) is 24.4 Å². The van der Waals surface area contributed by atoms with Gasteiger partial charge in [-0.1, -0.05) is 23.7 Å². The molecule has 0 aliphatic carbocycles. The van der Waals surface area contributed by atoms with E-state index in [9.17, 15) is 9.59 Å². The Morgan fingerprint density at radius 1 is 1.23 bits per heavy atom. The second-order valence-electron chi connectivity index (χ2n) is 5.62. The SMILES string of the molecule is COc1ccc(Cl)cc1COC(=O)CCn1ncc(=O)c2ccccc21. The number of aryl methyl sites for hydroxylation is 1. The number of aromatic nitrogens is 2. The van der Waals surface area contributed by atoms with Crippen molar-refractivity contribution in [1.29, 1.82) is 0 Å². The molecule has 0 aliphatic rings. The maximum Gasteiger partial charge on any atom is 0.308 e. The van der Waals surface area contributed by atoms with Gasteiger partial charge in [-0.05, 0) is 30.3 Å². The number of methoxy groups -OCH3 is 1. The van der Waals surface area contributed by atoms with Crippen LogP contribution in [0.5, 0.6) is 5.75 Å². The standard InChI is InChI=1S/C19H17ClN2O4/c1-25-18-7-6-14(20)10-13(18)12-26-19(24)8-9-22-16-5-3-2-4-15(16)17(23)11-21-22/h2-7,10-11H,8-9,12H2,1H3. The zero-order valence-corrected chi connectivity index (χ0v) is 14.9. The summed E-state index contributed by atoms with van der Waals surface area (Å²) in [6.07, 6.45) is 1.38. The molecule has 0 unspecified atom stereocenters. The number of esters is 1. The zero-order valence-electron chi connectivity index (χ0n) is 14.1. The van der Waals surface area contributed by atoms with Crippen LogP contribution in [-0.2, 0) is 22.7 Å². The molecule has 7 heteroatoms. The molecule has 0 radical (unpaired) electrons. The number of carbonyl (C=O) groups excluding carboxylic acids is 1. The maximum absolute atomic E-state index is 12.1. The molecule has 6 nitrogen and oxygen atoms in total. The Morgan fingerprint density at radius 3 is 2.85 bits per heavy atom. The van der Waals surface area contributed by atoms with E-state index in [0.717, 1.165) is 0 Å². The first-order valence-corrected chi connectivity index (χ1v) is 8.39. The smallest absolute Gasteiger partial charge is 0.308 e. The number of para-hydroxylation sites is 1. The van der Waals surface area contributed by atoms with E-state index in [2.05, 4.69) is 5.10 Å². The number of nitrogens with zero attached hydrogens (tertiary/aromatic N) is 2. The molecule has 0 bridgehead atoms. The van der Waals surface area contributed by atoms with Gasteiger partial charge in [0.15, 0.2) is 0 Å². The Kier molecular flexibility index (Phi) is 5.53. The third-order valence-corrected chi connectivity index (χ3v) is 4.16. The van der Waals surface area contributed by atoms with Crippen LogP contribution in [0.15, 0.2) is 53.5 Å². The lowest BCUT2D eigenvalue weighted by molar-refractivity contribution is -0.145. The fraction of sp³-hybridized carbons (Fsp3) is 0.211. The predicted octanol–water partition coefficient (Wildman–Crippen LogP) is 3.19. The Labute approximate surface area is 154 Å². The van der Waals surface area contributed by atoms with Crippen LogP contribution in [0.25, 0.3) is 10.9 Å². The largest absolute Gasteiger partial charge is 0.496 e. The van der Waals surface area contributed by atoms with Gasteiger partial charge in [0.05, 0.1) is 31.8 Å². The minimum atomic E-state index is -0.378. The number of rotatable bonds is 6. The summed E-state index contributed by atoms with van der Waals surface area (Å²) in [6, 6.07) is 12.3. The van der Waals surface area contributed by atoms with Gasteiger partial charge < -0.3 is 9.47 Å². The van der Waals surface area contributed by atoms with E-state index in [1.807, 2.05) is 6.07 Å². The molecule has 0 saturated heterocycles. The van der Waals surface area contributed by atoms with Crippen molar-refractivity contribution in [3.05, 3.63) is 69.5 Å². The van der Waals surface area contributed by atoms with Crippen molar-refractivity contribution in [2.45, 2.75) is 19.6 Å². The van der Waals surface area contributed by atoms with Crippen LogP contribution in [0.3, 0.4) is 0 Å². The second-order valence-corrected chi connectivity index (χ2v) is 6.05. The van der Waals surface area contributed by atoms with E-state index in [1.54, 1.807) is 48.2 Å². The fourth-order valence-corrected chi connectivity index (χ4v) is 2.82. The first-order chi connectivity index (χ1) is 12.6. The Morgan fingerprint density at radius 2 is 2.04 bits per heavy atom. The number of carbonyl (C=O) groups is 1. The third kappa shape index (κ3) is 4.03. The highest BCUT2D eigenvalue weighted by Crippen LogP contribution is 2.23. The lowest BCUT2D eigenvalue weighted by Gasteiger charge is -2.11. The maximum atomic E-state index is 12.1. The first kappa shape index (κ1) is 17.9. The molecule has 1 aromatic heterocycles. The topological polar surface area (TPSA) is 70.4 Å². The van der Waals surface area contributed by atoms with E-state index >= 15 is 0 Å². The summed E-state index contributed by atoms with van der Waals surface area (Å²) in [4.78, 5) is 23.9. The lowest BCUT2D eigenvalue weighted by atomic mass is 10.2. The van der Waals surface area contributed by atoms with Crippen molar-refractivity contribution in [2.75, 3.05) is 7.11 Å². The summed E-state index contributed by atoms with van der Waals surface area (Å²) < 4.78 is 12.2. The number of halogens is 1. The van der Waals surface area contributed by atoms with Gasteiger partial charge in [0.25, 0.3) is 0 Å². The van der Waals surface area contributed by atoms with Crippen molar-refractivity contribution in [1.82, 2.24) is 9.78 Å². The first-order valence-electron chi connectivity index (χ1n) is 8.01. The van der Waals surface area contributed by atoms with Gasteiger partial charge in [-0.3, -0.25) is 14.3 Å². The van der Waals surface area contributed by atoms with E-state index in [1.165, 1.54) is 6.20 Å². The highest BCUT2D eigenvalue weighted by Gasteiger charge is 2.10. The van der Waals surface area contributed by atoms with Crippen LogP contribution >= 0.6 is 11.6 Å². The van der Waals surface area contributed by atoms with Crippen LogP contribution in [0, 0.1) is 0 Å². The minimum absolute atomic E-state index is 0.0703. The van der Waals surface area contributed by atoms with Crippen LogP contribution in [-0.4, -0.2) is 22.9 Å². The van der Waals surface area contributed by atoms with Crippen LogP contribution in [0.2, 0.25) is 5.02 Å². The van der Waals surface area contributed by atoms with Gasteiger partial charge in [-0.15, -0.1) is 0 Å². The molecule has 1 heterocycles. The van der Waals surface area contributed by atoms with E-state index in [0.29, 0.717) is 33.8 Å². The van der Waals surface area contributed by atoms with Crippen LogP contribution < -0.4 is 10.2 Å². The number of benzene rings is 2. The van der Waals surface area contributed by atoms with Crippen molar-refractivity contribution in [3.8, 4) is 5.75 Å². The molecule has 0 amide bonds. The van der Waals surface area contributed by atoms with Gasteiger partial charge in [0.2, 0.25) is 5.43 Å². The summed E-state index contributed by atoms with van der Waals surface area (Å²) in [6.45, 7) is 0.382. The molecule has 0 saturated carbocycles. The molecule has 3 aromatic rings. The Bertz CT molecular complexity index is 1000. The molecule has 0 atom stereocenters. The van der Waals surface area contributed by atoms with Gasteiger partial charge in [-0.2, -0.15) is 5.10 Å². The summed E-state index contributed by atoms with van der Waals surface area (Å²) in [5.41, 5.74) is 1.23. The minimum Gasteiger partial charge on any atom is -0.496 e. The highest BCUT2D eigenvalue weighted by molar-refractivity contribution is 6.30. The molecule has 2 aromatic carbocycles. The highest BCUT2D eigenvalue weighted by atomic mass is 35.5. The molecular formula is C19H17ClN2O4. The Balaban J connectivity index is 1.64. The molecular weight excluding hydrogens is 356 g/mol. The zero-order chi connectivity index (χ0) is 18.5. The van der Waals surface area contributed by atoms with Gasteiger partial charge in [0, 0.05) is 16.0 Å². The summed E-state index contributed by atoms with van der Waals surface area (Å²) in [5.74, 6) is 0.229. The predicted molar refractivity (Wildman–Crippen MR) is 98.4 cm³/mol. The normalized spacial score (nSPS) is 10.7. The average molecular weight is 373 g/mol. The van der Waals surface area contributed by atoms with E-state index < -0.39 is 0 Å². The molecule has 3 rings (SSSR count). The number of hydrogen-bond acceptors (Lipinski definition) is 5. The van der Waals surface area contributed by atoms with Gasteiger partial charge in [0.1, 0.15) is 12.4 Å². The number of ether oxygens (including phenoxy) is 2. The van der Waals surface area contributed by atoms with Crippen molar-refractivity contribution < 1.29 is 14.3 Å². The number of fused-ring (bicyclic) bond motifs is 1. The van der Waals surface area contributed by atoms with Crippen molar-refractivity contribution in [3.63, 3.8) is 0 Å². The molecule has 0 fully saturated rings. The van der Waals surface area contributed by atoms with Gasteiger partial charge in [-0.25, -0.2) is 0 Å². The molecule has 0 aliphatic heterocycles. The lowest BCUT2D eigenvalue weighted by Crippen LogP contribution is -2.15. The second kappa shape index (κ2) is 8.01. The quantitative estimate of drug-likeness (QED) is 0.621. The fourth-order valence-electron chi connectivity index (χ4n) is 2.63. The number of hydrogen-bond donors (Lipinski definition) is 0. The molecule has 134 valence electrons. The van der Waals surface area contributed by atoms with E-state index in [4.69, 9.17) is 21.1 Å². The van der Waals surface area contributed by atoms with Crippen LogP contribution in [0.1, 0.15) is 12.0 Å². The van der Waals surface area contributed by atoms with Crippen LogP contribution in [0.4, 0.5) is 0 Å². The van der Waals surface area contributed by atoms with Gasteiger partial charge >= 0.3 is 5.97 Å². The summed E-state index contributed by atoms with van der Waals surface area (Å²) >= 11 is 5.97. The third-order valence-electron chi connectivity index (χ3n) is 3.92. The summed E-state index contributed by atoms with van der Waals surface area (Å²) in [7, 11) is 1.54. The summed E-state index contributed by atoms with van der Waals surface area (Å²) in [5, 5.41) is 5.21. The Hall–Kier alpha value is -2.86. The van der Waals surface area contributed by atoms with Crippen molar-refractivity contribution >= 4 is 28.5 Å². The average Bonchev–Trinajstić information content (AvgIpc) is 2.66.